The second-order valence-corrected chi connectivity index (χ2v) is 5.77. The first-order chi connectivity index (χ1) is 10.1. The zero-order chi connectivity index (χ0) is 15.2. The summed E-state index contributed by atoms with van der Waals surface area (Å²) in [5.41, 5.74) is 0.520. The molecule has 2 aromatic carbocycles. The topological polar surface area (TPSA) is 52.6 Å². The average molecular weight is 304 g/mol. The Labute approximate surface area is 126 Å². The van der Waals surface area contributed by atoms with Crippen molar-refractivity contribution in [3.8, 4) is 11.5 Å². The van der Waals surface area contributed by atoms with Crippen molar-refractivity contribution >= 4 is 16.6 Å². The Morgan fingerprint density at radius 3 is 2.29 bits per heavy atom. The summed E-state index contributed by atoms with van der Waals surface area (Å²) < 4.78 is 22.4. The zero-order valence-electron chi connectivity index (χ0n) is 11.9. The van der Waals surface area contributed by atoms with E-state index in [1.165, 1.54) is 0 Å². The predicted molar refractivity (Wildman–Crippen MR) is 81.6 cm³/mol. The number of ketones is 1. The fraction of sp³-hybridized carbons (Fsp3) is 0.188. The summed E-state index contributed by atoms with van der Waals surface area (Å²) in [6.07, 6.45) is 0. The number of carbonyl (C=O) groups excluding carboxylic acids is 1. The highest BCUT2D eigenvalue weighted by atomic mass is 32.2. The smallest absolute Gasteiger partial charge is 0.175 e. The maximum atomic E-state index is 12.2. The van der Waals surface area contributed by atoms with E-state index in [0.717, 1.165) is 0 Å². The van der Waals surface area contributed by atoms with Gasteiger partial charge in [0.15, 0.2) is 5.78 Å². The molecule has 0 aliphatic rings. The summed E-state index contributed by atoms with van der Waals surface area (Å²) in [7, 11) is 1.72. The minimum atomic E-state index is -1.39. The van der Waals surface area contributed by atoms with Gasteiger partial charge in [-0.2, -0.15) is 0 Å². The van der Waals surface area contributed by atoms with Gasteiger partial charge in [0.25, 0.3) is 0 Å². The van der Waals surface area contributed by atoms with Crippen LogP contribution in [0.2, 0.25) is 0 Å². The van der Waals surface area contributed by atoms with Crippen molar-refractivity contribution in [2.24, 2.45) is 0 Å². The van der Waals surface area contributed by atoms with Crippen molar-refractivity contribution in [2.75, 3.05) is 20.0 Å². The minimum absolute atomic E-state index is 0.0561. The molecule has 0 spiro atoms. The molecule has 4 nitrogen and oxygen atoms in total. The van der Waals surface area contributed by atoms with E-state index >= 15 is 0 Å². The first-order valence-electron chi connectivity index (χ1n) is 6.33. The van der Waals surface area contributed by atoms with Gasteiger partial charge in [-0.25, -0.2) is 0 Å². The Morgan fingerprint density at radius 1 is 1.00 bits per heavy atom. The van der Waals surface area contributed by atoms with Crippen molar-refractivity contribution in [1.29, 1.82) is 0 Å². The van der Waals surface area contributed by atoms with Gasteiger partial charge in [-0.05, 0) is 42.5 Å². The molecule has 0 aromatic heterocycles. The summed E-state index contributed by atoms with van der Waals surface area (Å²) in [6.45, 7) is 0. The molecule has 2 rings (SSSR count). The van der Waals surface area contributed by atoms with Crippen LogP contribution in [0.3, 0.4) is 0 Å². The molecule has 0 aliphatic heterocycles. The third-order valence-corrected chi connectivity index (χ3v) is 4.28. The number of carbonyl (C=O) groups is 1. The highest BCUT2D eigenvalue weighted by molar-refractivity contribution is 7.85. The second-order valence-electron chi connectivity index (χ2n) is 4.32. The minimum Gasteiger partial charge on any atom is -0.497 e. The lowest BCUT2D eigenvalue weighted by Gasteiger charge is -2.05. The maximum absolute atomic E-state index is 12.2. The normalized spacial score (nSPS) is 11.7. The molecule has 5 heteroatoms. The van der Waals surface area contributed by atoms with Crippen LogP contribution in [0.25, 0.3) is 0 Å². The van der Waals surface area contributed by atoms with Crippen LogP contribution < -0.4 is 9.47 Å². The Bertz CT molecular complexity index is 650. The zero-order valence-corrected chi connectivity index (χ0v) is 12.7. The summed E-state index contributed by atoms with van der Waals surface area (Å²) in [4.78, 5) is 12.7. The highest BCUT2D eigenvalue weighted by Gasteiger charge is 2.13. The Balaban J connectivity index is 2.08. The Morgan fingerprint density at radius 2 is 1.67 bits per heavy atom. The fourth-order valence-corrected chi connectivity index (χ4v) is 2.85. The SMILES string of the molecule is COc1ccc(C(=O)CS(=O)c2cccc(OC)c2)cc1. The van der Waals surface area contributed by atoms with Gasteiger partial charge in [0.05, 0.1) is 30.8 Å². The molecule has 110 valence electrons. The summed E-state index contributed by atoms with van der Waals surface area (Å²) >= 11 is 0. The predicted octanol–water partition coefficient (Wildman–Crippen LogP) is 2.69. The van der Waals surface area contributed by atoms with Gasteiger partial charge < -0.3 is 9.47 Å². The van der Waals surface area contributed by atoms with Crippen molar-refractivity contribution < 1.29 is 18.5 Å². The quantitative estimate of drug-likeness (QED) is 0.770. The number of methoxy groups -OCH3 is 2. The summed E-state index contributed by atoms with van der Waals surface area (Å²) in [5.74, 6) is 1.08. The lowest BCUT2D eigenvalue weighted by molar-refractivity contribution is 0.102. The van der Waals surface area contributed by atoms with Crippen LogP contribution in [0.15, 0.2) is 53.4 Å². The molecule has 0 saturated heterocycles. The van der Waals surface area contributed by atoms with E-state index in [9.17, 15) is 9.00 Å². The lowest BCUT2D eigenvalue weighted by Crippen LogP contribution is -2.11. The van der Waals surface area contributed by atoms with Crippen molar-refractivity contribution in [3.05, 3.63) is 54.1 Å². The molecule has 0 bridgehead atoms. The highest BCUT2D eigenvalue weighted by Crippen LogP contribution is 2.17. The fourth-order valence-electron chi connectivity index (χ4n) is 1.81. The van der Waals surface area contributed by atoms with Crippen LogP contribution in [0.5, 0.6) is 11.5 Å². The van der Waals surface area contributed by atoms with Crippen molar-refractivity contribution in [2.45, 2.75) is 4.90 Å². The van der Waals surface area contributed by atoms with E-state index in [0.29, 0.717) is 22.0 Å². The number of rotatable bonds is 6. The second kappa shape index (κ2) is 7.04. The van der Waals surface area contributed by atoms with Crippen LogP contribution in [0.1, 0.15) is 10.4 Å². The van der Waals surface area contributed by atoms with Gasteiger partial charge in [0.1, 0.15) is 11.5 Å². The lowest BCUT2D eigenvalue weighted by atomic mass is 10.1. The molecule has 0 N–H and O–H groups in total. The summed E-state index contributed by atoms with van der Waals surface area (Å²) in [5, 5.41) is 0. The van der Waals surface area contributed by atoms with Crippen LogP contribution in [-0.4, -0.2) is 30.0 Å². The number of ether oxygens (including phenoxy) is 2. The number of hydrogen-bond donors (Lipinski definition) is 0. The number of Topliss-reactive ketones (excluding diaryl/α,β-unsaturated/α-hetero) is 1. The van der Waals surface area contributed by atoms with Crippen LogP contribution in [-0.2, 0) is 10.8 Å². The van der Waals surface area contributed by atoms with Gasteiger partial charge in [0, 0.05) is 10.5 Å². The Hall–Kier alpha value is -2.14. The van der Waals surface area contributed by atoms with Crippen molar-refractivity contribution in [1.82, 2.24) is 0 Å². The molecule has 0 fully saturated rings. The monoisotopic (exact) mass is 304 g/mol. The molecule has 0 amide bonds. The molecule has 1 atom stereocenters. The Kier molecular flexibility index (Phi) is 5.11. The molecule has 21 heavy (non-hydrogen) atoms. The first kappa shape index (κ1) is 15.3. The van der Waals surface area contributed by atoms with Gasteiger partial charge >= 0.3 is 0 Å². The molecule has 0 radical (unpaired) electrons. The molecular formula is C16H16O4S. The molecule has 0 aliphatic carbocycles. The van der Waals surface area contributed by atoms with E-state index in [1.54, 1.807) is 62.8 Å². The third-order valence-electron chi connectivity index (χ3n) is 2.98. The van der Waals surface area contributed by atoms with Crippen LogP contribution in [0.4, 0.5) is 0 Å². The van der Waals surface area contributed by atoms with Crippen LogP contribution >= 0.6 is 0 Å². The van der Waals surface area contributed by atoms with Gasteiger partial charge in [-0.1, -0.05) is 6.07 Å². The largest absolute Gasteiger partial charge is 0.497 e. The molecule has 0 heterocycles. The molecule has 2 aromatic rings. The first-order valence-corrected chi connectivity index (χ1v) is 7.65. The average Bonchev–Trinajstić information content (AvgIpc) is 2.54. The van der Waals surface area contributed by atoms with Gasteiger partial charge in [-0.15, -0.1) is 0 Å². The van der Waals surface area contributed by atoms with E-state index < -0.39 is 10.8 Å². The molecule has 0 saturated carbocycles. The number of hydrogen-bond acceptors (Lipinski definition) is 4. The molecular weight excluding hydrogens is 288 g/mol. The van der Waals surface area contributed by atoms with Crippen molar-refractivity contribution in [3.63, 3.8) is 0 Å². The maximum Gasteiger partial charge on any atom is 0.175 e. The van der Waals surface area contributed by atoms with E-state index in [4.69, 9.17) is 9.47 Å². The number of benzene rings is 2. The van der Waals surface area contributed by atoms with Gasteiger partial charge in [0.2, 0.25) is 0 Å². The molecule has 1 unspecified atom stereocenters. The van der Waals surface area contributed by atoms with E-state index in [-0.39, 0.29) is 11.5 Å². The third kappa shape index (κ3) is 3.92. The van der Waals surface area contributed by atoms with Gasteiger partial charge in [-0.3, -0.25) is 9.00 Å². The van der Waals surface area contributed by atoms with E-state index in [2.05, 4.69) is 0 Å². The summed E-state index contributed by atoms with van der Waals surface area (Å²) in [6, 6.07) is 13.7. The van der Waals surface area contributed by atoms with E-state index in [1.807, 2.05) is 0 Å². The standard InChI is InChI=1S/C16H16O4S/c1-19-13-8-6-12(7-9-13)16(17)11-21(18)15-5-3-4-14(10-15)20-2/h3-10H,11H2,1-2H3. The van der Waals surface area contributed by atoms with Crippen LogP contribution in [0, 0.1) is 0 Å².